The SMILES string of the molecule is O=c1[nH]c(NCCSCc2[nH]cnc2CO)ncc1Cc1cccnc1. The molecule has 136 valence electrons. The van der Waals surface area contributed by atoms with Gasteiger partial charge in [0.2, 0.25) is 5.95 Å². The molecule has 3 aromatic heterocycles. The fourth-order valence-electron chi connectivity index (χ4n) is 2.39. The van der Waals surface area contributed by atoms with Crippen LogP contribution in [0.3, 0.4) is 0 Å². The van der Waals surface area contributed by atoms with Crippen molar-refractivity contribution in [1.29, 1.82) is 0 Å². The number of pyridine rings is 1. The van der Waals surface area contributed by atoms with Crippen LogP contribution in [0.25, 0.3) is 0 Å². The lowest BCUT2D eigenvalue weighted by molar-refractivity contribution is 0.276. The van der Waals surface area contributed by atoms with Gasteiger partial charge < -0.3 is 15.4 Å². The van der Waals surface area contributed by atoms with Gasteiger partial charge in [-0.1, -0.05) is 6.07 Å². The molecule has 26 heavy (non-hydrogen) atoms. The van der Waals surface area contributed by atoms with Crippen LogP contribution >= 0.6 is 11.8 Å². The summed E-state index contributed by atoms with van der Waals surface area (Å²) in [5.41, 5.74) is 3.04. The van der Waals surface area contributed by atoms with E-state index in [1.54, 1.807) is 36.7 Å². The van der Waals surface area contributed by atoms with Gasteiger partial charge in [0.25, 0.3) is 5.56 Å². The maximum absolute atomic E-state index is 12.2. The van der Waals surface area contributed by atoms with E-state index in [0.717, 1.165) is 22.8 Å². The largest absolute Gasteiger partial charge is 0.390 e. The number of aromatic nitrogens is 5. The molecule has 0 saturated heterocycles. The van der Waals surface area contributed by atoms with Gasteiger partial charge >= 0.3 is 0 Å². The van der Waals surface area contributed by atoms with Crippen molar-refractivity contribution >= 4 is 17.7 Å². The number of hydrogen-bond acceptors (Lipinski definition) is 7. The van der Waals surface area contributed by atoms with E-state index >= 15 is 0 Å². The minimum Gasteiger partial charge on any atom is -0.390 e. The number of nitrogens with one attached hydrogen (secondary N) is 3. The molecule has 0 fully saturated rings. The first-order valence-corrected chi connectivity index (χ1v) is 9.32. The standard InChI is InChI=1S/C17H20N6O2S/c24-9-14-15(22-11-21-14)10-26-5-4-19-17-20-8-13(16(25)23-17)6-12-2-1-3-18-7-12/h1-3,7-8,11,24H,4-6,9-10H2,(H,21,22)(H2,19,20,23,25). The molecule has 8 nitrogen and oxygen atoms in total. The number of imidazole rings is 1. The highest BCUT2D eigenvalue weighted by molar-refractivity contribution is 7.98. The van der Waals surface area contributed by atoms with Crippen molar-refractivity contribution in [2.75, 3.05) is 17.6 Å². The Balaban J connectivity index is 1.45. The molecule has 3 aromatic rings. The van der Waals surface area contributed by atoms with Gasteiger partial charge in [0.15, 0.2) is 0 Å². The maximum Gasteiger partial charge on any atom is 0.255 e. The summed E-state index contributed by atoms with van der Waals surface area (Å²) in [6.07, 6.45) is 7.13. The third kappa shape index (κ3) is 4.93. The van der Waals surface area contributed by atoms with Gasteiger partial charge in [0, 0.05) is 48.6 Å². The number of anilines is 1. The summed E-state index contributed by atoms with van der Waals surface area (Å²) in [7, 11) is 0. The molecule has 4 N–H and O–H groups in total. The lowest BCUT2D eigenvalue weighted by atomic mass is 10.1. The highest BCUT2D eigenvalue weighted by Gasteiger charge is 2.05. The summed E-state index contributed by atoms with van der Waals surface area (Å²) in [6.45, 7) is 0.604. The molecule has 0 atom stereocenters. The summed E-state index contributed by atoms with van der Waals surface area (Å²) in [5.74, 6) is 2.03. The van der Waals surface area contributed by atoms with Crippen molar-refractivity contribution in [1.82, 2.24) is 24.9 Å². The van der Waals surface area contributed by atoms with E-state index in [4.69, 9.17) is 5.11 Å². The lowest BCUT2D eigenvalue weighted by Crippen LogP contribution is -2.18. The first kappa shape index (κ1) is 18.2. The second-order valence-corrected chi connectivity index (χ2v) is 6.69. The molecule has 0 unspecified atom stereocenters. The Morgan fingerprint density at radius 1 is 1.27 bits per heavy atom. The van der Waals surface area contributed by atoms with Crippen molar-refractivity contribution in [3.63, 3.8) is 0 Å². The maximum atomic E-state index is 12.2. The van der Waals surface area contributed by atoms with Crippen molar-refractivity contribution < 1.29 is 5.11 Å². The predicted octanol–water partition coefficient (Wildman–Crippen LogP) is 1.32. The number of aromatic amines is 2. The quantitative estimate of drug-likeness (QED) is 0.418. The minimum atomic E-state index is -0.149. The molecule has 0 aliphatic rings. The van der Waals surface area contributed by atoms with Crippen LogP contribution in [0.4, 0.5) is 5.95 Å². The molecule has 0 spiro atoms. The lowest BCUT2D eigenvalue weighted by Gasteiger charge is -2.06. The van der Waals surface area contributed by atoms with E-state index in [0.29, 0.717) is 30.2 Å². The summed E-state index contributed by atoms with van der Waals surface area (Å²) in [4.78, 5) is 30.3. The summed E-state index contributed by atoms with van der Waals surface area (Å²) in [5, 5.41) is 12.3. The number of rotatable bonds is 9. The third-order valence-corrected chi connectivity index (χ3v) is 4.72. The number of thioether (sulfide) groups is 1. The first-order valence-electron chi connectivity index (χ1n) is 8.17. The van der Waals surface area contributed by atoms with E-state index in [2.05, 4.69) is 30.2 Å². The fourth-order valence-corrected chi connectivity index (χ4v) is 3.23. The third-order valence-electron chi connectivity index (χ3n) is 3.73. The molecule has 0 aliphatic carbocycles. The topological polar surface area (TPSA) is 120 Å². The zero-order valence-electron chi connectivity index (χ0n) is 14.1. The number of hydrogen-bond donors (Lipinski definition) is 4. The van der Waals surface area contributed by atoms with Gasteiger partial charge in [-0.3, -0.25) is 14.8 Å². The highest BCUT2D eigenvalue weighted by Crippen LogP contribution is 2.13. The second kappa shape index (κ2) is 9.16. The Bertz CT molecular complexity index is 880. The van der Waals surface area contributed by atoms with Gasteiger partial charge in [0.1, 0.15) is 0 Å². The van der Waals surface area contributed by atoms with Gasteiger partial charge in [-0.05, 0) is 11.6 Å². The Hall–Kier alpha value is -2.65. The van der Waals surface area contributed by atoms with Gasteiger partial charge in [-0.25, -0.2) is 9.97 Å². The highest BCUT2D eigenvalue weighted by atomic mass is 32.2. The van der Waals surface area contributed by atoms with Crippen LogP contribution in [0.5, 0.6) is 0 Å². The molecule has 0 radical (unpaired) electrons. The van der Waals surface area contributed by atoms with Gasteiger partial charge in [-0.2, -0.15) is 11.8 Å². The van der Waals surface area contributed by atoms with E-state index in [1.807, 2.05) is 12.1 Å². The summed E-state index contributed by atoms with van der Waals surface area (Å²) < 4.78 is 0. The zero-order valence-corrected chi connectivity index (χ0v) is 14.9. The average molecular weight is 372 g/mol. The van der Waals surface area contributed by atoms with Crippen LogP contribution in [0, 0.1) is 0 Å². The fraction of sp³-hybridized carbons (Fsp3) is 0.294. The monoisotopic (exact) mass is 372 g/mol. The van der Waals surface area contributed by atoms with Crippen LogP contribution in [0.1, 0.15) is 22.5 Å². The Labute approximate surface area is 154 Å². The molecule has 0 saturated carbocycles. The van der Waals surface area contributed by atoms with E-state index in [9.17, 15) is 4.79 Å². The molecule has 0 aromatic carbocycles. The van der Waals surface area contributed by atoms with Crippen molar-refractivity contribution in [3.8, 4) is 0 Å². The van der Waals surface area contributed by atoms with Crippen LogP contribution in [0.2, 0.25) is 0 Å². The molecule has 9 heteroatoms. The minimum absolute atomic E-state index is 0.0613. The Morgan fingerprint density at radius 2 is 2.19 bits per heavy atom. The number of H-pyrrole nitrogens is 2. The zero-order chi connectivity index (χ0) is 18.2. The molecule has 0 bridgehead atoms. The van der Waals surface area contributed by atoms with E-state index < -0.39 is 0 Å². The predicted molar refractivity (Wildman–Crippen MR) is 101 cm³/mol. The van der Waals surface area contributed by atoms with Crippen molar-refractivity contribution in [2.45, 2.75) is 18.8 Å². The normalized spacial score (nSPS) is 10.8. The van der Waals surface area contributed by atoms with Crippen molar-refractivity contribution in [2.24, 2.45) is 0 Å². The smallest absolute Gasteiger partial charge is 0.255 e. The van der Waals surface area contributed by atoms with Gasteiger partial charge in [-0.15, -0.1) is 0 Å². The van der Waals surface area contributed by atoms with Crippen LogP contribution in [-0.4, -0.2) is 42.3 Å². The molecule has 0 aliphatic heterocycles. The van der Waals surface area contributed by atoms with Crippen LogP contribution in [-0.2, 0) is 18.8 Å². The summed E-state index contributed by atoms with van der Waals surface area (Å²) in [6, 6.07) is 3.77. The Morgan fingerprint density at radius 3 is 2.96 bits per heavy atom. The number of aliphatic hydroxyl groups excluding tert-OH is 1. The van der Waals surface area contributed by atoms with E-state index in [-0.39, 0.29) is 12.2 Å². The molecular formula is C17H20N6O2S. The second-order valence-electron chi connectivity index (χ2n) is 5.59. The summed E-state index contributed by atoms with van der Waals surface area (Å²) >= 11 is 1.70. The number of aliphatic hydroxyl groups is 1. The first-order chi connectivity index (χ1) is 12.8. The molecule has 3 rings (SSSR count). The van der Waals surface area contributed by atoms with Crippen LogP contribution < -0.4 is 10.9 Å². The molecule has 0 amide bonds. The average Bonchev–Trinajstić information content (AvgIpc) is 3.12. The molecule has 3 heterocycles. The Kier molecular flexibility index (Phi) is 6.39. The van der Waals surface area contributed by atoms with Crippen molar-refractivity contribution in [3.05, 3.63) is 69.9 Å². The number of nitrogens with zero attached hydrogens (tertiary/aromatic N) is 3. The molecular weight excluding hydrogens is 352 g/mol. The van der Waals surface area contributed by atoms with Crippen LogP contribution in [0.15, 0.2) is 41.8 Å². The van der Waals surface area contributed by atoms with Gasteiger partial charge in [0.05, 0.1) is 24.3 Å². The van der Waals surface area contributed by atoms with E-state index in [1.165, 1.54) is 0 Å².